The first-order valence-electron chi connectivity index (χ1n) is 5.92. The second-order valence-electron chi connectivity index (χ2n) is 5.08. The lowest BCUT2D eigenvalue weighted by atomic mass is 9.89. The Hall–Kier alpha value is -0.160. The van der Waals surface area contributed by atoms with Gasteiger partial charge in [0.25, 0.3) is 0 Å². The summed E-state index contributed by atoms with van der Waals surface area (Å²) in [5.74, 6) is 0. The van der Waals surface area contributed by atoms with Crippen LogP contribution in [0.25, 0.3) is 0 Å². The molecule has 3 rings (SSSR count). The molecule has 4 nitrogen and oxygen atoms in total. The fraction of sp³-hybridized carbons (Fsp3) is 1.00. The average Bonchev–Trinajstić information content (AvgIpc) is 2.82. The highest BCUT2D eigenvalue weighted by atomic mass is 16.6. The Bertz CT molecular complexity index is 252. The van der Waals surface area contributed by atoms with Gasteiger partial charge in [0.2, 0.25) is 0 Å². The van der Waals surface area contributed by atoms with Crippen LogP contribution in [-0.4, -0.2) is 47.8 Å². The van der Waals surface area contributed by atoms with Crippen LogP contribution in [0.15, 0.2) is 0 Å². The van der Waals surface area contributed by atoms with Crippen molar-refractivity contribution < 1.29 is 14.6 Å². The van der Waals surface area contributed by atoms with Crippen molar-refractivity contribution >= 4 is 0 Å². The maximum absolute atomic E-state index is 9.54. The summed E-state index contributed by atoms with van der Waals surface area (Å²) in [6.45, 7) is 2.02. The van der Waals surface area contributed by atoms with Gasteiger partial charge in [-0.2, -0.15) is 0 Å². The molecular formula is C11H19NO3. The number of fused-ring (bicyclic) bond motifs is 2. The average molecular weight is 213 g/mol. The van der Waals surface area contributed by atoms with E-state index in [1.807, 2.05) is 0 Å². The molecular weight excluding hydrogens is 194 g/mol. The smallest absolute Gasteiger partial charge is 0.124 e. The van der Waals surface area contributed by atoms with E-state index < -0.39 is 0 Å². The van der Waals surface area contributed by atoms with E-state index in [-0.39, 0.29) is 17.9 Å². The Kier molecular flexibility index (Phi) is 2.28. The summed E-state index contributed by atoms with van der Waals surface area (Å²) in [4.78, 5) is 2.28. The van der Waals surface area contributed by atoms with Crippen LogP contribution in [0.4, 0.5) is 0 Å². The molecule has 1 saturated carbocycles. The maximum atomic E-state index is 9.54. The van der Waals surface area contributed by atoms with E-state index in [0.29, 0.717) is 19.9 Å². The Labute approximate surface area is 90.2 Å². The molecule has 0 aromatic carbocycles. The lowest BCUT2D eigenvalue weighted by molar-refractivity contribution is -0.126. The van der Waals surface area contributed by atoms with Crippen LogP contribution in [0.5, 0.6) is 0 Å². The Morgan fingerprint density at radius 2 is 1.93 bits per heavy atom. The molecule has 0 bridgehead atoms. The van der Waals surface area contributed by atoms with E-state index in [0.717, 1.165) is 12.8 Å². The first-order valence-corrected chi connectivity index (χ1v) is 5.92. The minimum atomic E-state index is -0.239. The third-order valence-electron chi connectivity index (χ3n) is 4.19. The monoisotopic (exact) mass is 213 g/mol. The molecule has 2 saturated heterocycles. The molecule has 0 amide bonds. The summed E-state index contributed by atoms with van der Waals surface area (Å²) in [6, 6.07) is 0. The number of rotatable bonds is 1. The van der Waals surface area contributed by atoms with E-state index in [1.54, 1.807) is 0 Å². The molecule has 1 aliphatic carbocycles. The second-order valence-corrected chi connectivity index (χ2v) is 5.08. The standard InChI is InChI=1S/C11H19NO3/c13-6-10-7-14-9-12(10)11(15-8-10)4-2-1-3-5-11/h13H,1-9H2. The molecule has 0 aromatic heterocycles. The zero-order chi connectivity index (χ0) is 10.4. The van der Waals surface area contributed by atoms with Gasteiger partial charge in [-0.3, -0.25) is 0 Å². The van der Waals surface area contributed by atoms with Crippen LogP contribution in [-0.2, 0) is 9.47 Å². The van der Waals surface area contributed by atoms with E-state index in [9.17, 15) is 5.11 Å². The largest absolute Gasteiger partial charge is 0.394 e. The van der Waals surface area contributed by atoms with Crippen LogP contribution in [0.3, 0.4) is 0 Å². The molecule has 1 N–H and O–H groups in total. The summed E-state index contributed by atoms with van der Waals surface area (Å²) in [5.41, 5.74) is -0.352. The lowest BCUT2D eigenvalue weighted by Crippen LogP contribution is -2.55. The van der Waals surface area contributed by atoms with Crippen LogP contribution >= 0.6 is 0 Å². The molecule has 1 unspecified atom stereocenters. The van der Waals surface area contributed by atoms with E-state index in [4.69, 9.17) is 9.47 Å². The van der Waals surface area contributed by atoms with Crippen LogP contribution in [0.1, 0.15) is 32.1 Å². The second kappa shape index (κ2) is 3.42. The lowest BCUT2D eigenvalue weighted by Gasteiger charge is -2.41. The minimum Gasteiger partial charge on any atom is -0.394 e. The quantitative estimate of drug-likeness (QED) is 0.696. The SMILES string of the molecule is OCC12COCN1C1(CCCCC1)OC2. The highest BCUT2D eigenvalue weighted by molar-refractivity contribution is 5.05. The van der Waals surface area contributed by atoms with E-state index in [2.05, 4.69) is 4.90 Å². The molecule has 3 aliphatic rings. The number of hydrogen-bond donors (Lipinski definition) is 1. The van der Waals surface area contributed by atoms with Crippen LogP contribution in [0, 0.1) is 0 Å². The molecule has 0 aromatic rings. The number of aliphatic hydroxyl groups excluding tert-OH is 1. The summed E-state index contributed by atoms with van der Waals surface area (Å²) in [6.07, 6.45) is 5.97. The van der Waals surface area contributed by atoms with Gasteiger partial charge in [0.15, 0.2) is 0 Å². The molecule has 1 spiro atoms. The Morgan fingerprint density at radius 1 is 1.13 bits per heavy atom. The predicted octanol–water partition coefficient (Wildman–Crippen LogP) is 0.698. The first-order chi connectivity index (χ1) is 7.31. The van der Waals surface area contributed by atoms with Gasteiger partial charge in [0.1, 0.15) is 12.5 Å². The normalized spacial score (nSPS) is 39.8. The molecule has 2 heterocycles. The van der Waals surface area contributed by atoms with E-state index >= 15 is 0 Å². The summed E-state index contributed by atoms with van der Waals surface area (Å²) < 4.78 is 11.5. The topological polar surface area (TPSA) is 41.9 Å². The minimum absolute atomic E-state index is 0.114. The van der Waals surface area contributed by atoms with Crippen LogP contribution in [0.2, 0.25) is 0 Å². The zero-order valence-electron chi connectivity index (χ0n) is 9.07. The number of aliphatic hydroxyl groups is 1. The van der Waals surface area contributed by atoms with Crippen molar-refractivity contribution in [2.45, 2.75) is 43.4 Å². The fourth-order valence-corrected chi connectivity index (χ4v) is 3.25. The third kappa shape index (κ3) is 1.29. The highest BCUT2D eigenvalue weighted by Gasteiger charge is 2.58. The highest BCUT2D eigenvalue weighted by Crippen LogP contribution is 2.46. The van der Waals surface area contributed by atoms with Gasteiger partial charge in [-0.1, -0.05) is 6.42 Å². The first kappa shape index (κ1) is 10.0. The molecule has 4 heteroatoms. The molecule has 2 aliphatic heterocycles. The molecule has 0 radical (unpaired) electrons. The molecule has 3 fully saturated rings. The maximum Gasteiger partial charge on any atom is 0.124 e. The van der Waals surface area contributed by atoms with Crippen molar-refractivity contribution in [1.82, 2.24) is 4.90 Å². The van der Waals surface area contributed by atoms with Gasteiger partial charge >= 0.3 is 0 Å². The van der Waals surface area contributed by atoms with Gasteiger partial charge in [0.05, 0.1) is 25.4 Å². The van der Waals surface area contributed by atoms with Crippen molar-refractivity contribution in [1.29, 1.82) is 0 Å². The number of hydrogen-bond acceptors (Lipinski definition) is 4. The number of nitrogens with zero attached hydrogens (tertiary/aromatic N) is 1. The van der Waals surface area contributed by atoms with Crippen molar-refractivity contribution in [2.24, 2.45) is 0 Å². The van der Waals surface area contributed by atoms with Crippen molar-refractivity contribution in [3.05, 3.63) is 0 Å². The fourth-order valence-electron chi connectivity index (χ4n) is 3.25. The molecule has 15 heavy (non-hydrogen) atoms. The zero-order valence-corrected chi connectivity index (χ0v) is 9.07. The predicted molar refractivity (Wildman–Crippen MR) is 54.2 cm³/mol. The van der Waals surface area contributed by atoms with Crippen molar-refractivity contribution in [2.75, 3.05) is 26.6 Å². The van der Waals surface area contributed by atoms with Gasteiger partial charge in [-0.15, -0.1) is 0 Å². The third-order valence-corrected chi connectivity index (χ3v) is 4.19. The van der Waals surface area contributed by atoms with Gasteiger partial charge < -0.3 is 14.6 Å². The summed E-state index contributed by atoms with van der Waals surface area (Å²) >= 11 is 0. The van der Waals surface area contributed by atoms with E-state index in [1.165, 1.54) is 19.3 Å². The Morgan fingerprint density at radius 3 is 2.67 bits per heavy atom. The Balaban J connectivity index is 1.87. The van der Waals surface area contributed by atoms with Gasteiger partial charge in [-0.05, 0) is 25.7 Å². The van der Waals surface area contributed by atoms with Crippen molar-refractivity contribution in [3.8, 4) is 0 Å². The van der Waals surface area contributed by atoms with Gasteiger partial charge in [-0.25, -0.2) is 4.90 Å². The summed E-state index contributed by atoms with van der Waals surface area (Å²) in [7, 11) is 0. The molecule has 1 atom stereocenters. The van der Waals surface area contributed by atoms with Crippen molar-refractivity contribution in [3.63, 3.8) is 0 Å². The van der Waals surface area contributed by atoms with Gasteiger partial charge in [0, 0.05) is 0 Å². The molecule has 86 valence electrons. The van der Waals surface area contributed by atoms with Crippen LogP contribution < -0.4 is 0 Å². The summed E-state index contributed by atoms with van der Waals surface area (Å²) in [5, 5.41) is 9.54. The number of ether oxygens (including phenoxy) is 2.